The standard InChI is InChI=1S/C17H18BrN3O2/c18-15-8-14(10-20-11-15)17(22)21-16(12-3-6-23-7-4-12)13-2-1-5-19-9-13/h1-2,5,8-12,16H,3-4,6-7H2,(H,21,22)/t16-/m0/s1. The number of ether oxygens (including phenoxy) is 1. The van der Waals surface area contributed by atoms with Crippen molar-refractivity contribution in [3.63, 3.8) is 0 Å². The molecule has 1 saturated heterocycles. The maximum Gasteiger partial charge on any atom is 0.253 e. The lowest BCUT2D eigenvalue weighted by Crippen LogP contribution is -2.36. The van der Waals surface area contributed by atoms with Crippen molar-refractivity contribution in [3.8, 4) is 0 Å². The third-order valence-electron chi connectivity index (χ3n) is 4.03. The van der Waals surface area contributed by atoms with Crippen molar-refractivity contribution in [2.75, 3.05) is 13.2 Å². The SMILES string of the molecule is O=C(N[C@H](c1cccnc1)C1CCOCC1)c1cncc(Br)c1. The van der Waals surface area contributed by atoms with E-state index in [0.717, 1.165) is 36.1 Å². The van der Waals surface area contributed by atoms with E-state index in [1.54, 1.807) is 24.7 Å². The summed E-state index contributed by atoms with van der Waals surface area (Å²) < 4.78 is 6.23. The zero-order valence-corrected chi connectivity index (χ0v) is 14.2. The van der Waals surface area contributed by atoms with E-state index in [1.807, 2.05) is 18.3 Å². The summed E-state index contributed by atoms with van der Waals surface area (Å²) in [7, 11) is 0. The van der Waals surface area contributed by atoms with E-state index in [9.17, 15) is 4.79 Å². The summed E-state index contributed by atoms with van der Waals surface area (Å²) in [6.45, 7) is 1.46. The van der Waals surface area contributed by atoms with Crippen LogP contribution < -0.4 is 5.32 Å². The predicted molar refractivity (Wildman–Crippen MR) is 89.9 cm³/mol. The zero-order chi connectivity index (χ0) is 16.1. The van der Waals surface area contributed by atoms with Crippen LogP contribution in [0.4, 0.5) is 0 Å². The molecule has 0 aliphatic carbocycles. The van der Waals surface area contributed by atoms with Crippen molar-refractivity contribution >= 4 is 21.8 Å². The molecule has 0 spiro atoms. The summed E-state index contributed by atoms with van der Waals surface area (Å²) >= 11 is 3.35. The number of halogens is 1. The number of amides is 1. The van der Waals surface area contributed by atoms with Gasteiger partial charge in [0.2, 0.25) is 0 Å². The van der Waals surface area contributed by atoms with Crippen molar-refractivity contribution < 1.29 is 9.53 Å². The third-order valence-corrected chi connectivity index (χ3v) is 4.47. The molecule has 0 unspecified atom stereocenters. The quantitative estimate of drug-likeness (QED) is 0.891. The van der Waals surface area contributed by atoms with Crippen LogP contribution in [0.15, 0.2) is 47.5 Å². The van der Waals surface area contributed by atoms with Gasteiger partial charge < -0.3 is 10.1 Å². The molecule has 3 rings (SSSR count). The number of carbonyl (C=O) groups excluding carboxylic acids is 1. The molecule has 5 nitrogen and oxygen atoms in total. The van der Waals surface area contributed by atoms with Gasteiger partial charge in [0.05, 0.1) is 11.6 Å². The Hall–Kier alpha value is -1.79. The van der Waals surface area contributed by atoms with Gasteiger partial charge in [0.1, 0.15) is 0 Å². The Morgan fingerprint density at radius 1 is 1.26 bits per heavy atom. The number of aromatic nitrogens is 2. The van der Waals surface area contributed by atoms with Crippen molar-refractivity contribution in [1.29, 1.82) is 0 Å². The average Bonchev–Trinajstić information content (AvgIpc) is 2.61. The second-order valence-corrected chi connectivity index (χ2v) is 6.49. The third kappa shape index (κ3) is 4.14. The molecule has 0 saturated carbocycles. The highest BCUT2D eigenvalue weighted by Crippen LogP contribution is 2.30. The first kappa shape index (κ1) is 16.1. The average molecular weight is 376 g/mol. The minimum Gasteiger partial charge on any atom is -0.381 e. The maximum absolute atomic E-state index is 12.6. The Balaban J connectivity index is 1.82. The Labute approximate surface area is 143 Å². The fourth-order valence-corrected chi connectivity index (χ4v) is 3.21. The normalized spacial score (nSPS) is 16.7. The van der Waals surface area contributed by atoms with Gasteiger partial charge >= 0.3 is 0 Å². The first-order chi connectivity index (χ1) is 11.2. The second-order valence-electron chi connectivity index (χ2n) is 5.58. The van der Waals surface area contributed by atoms with Gasteiger partial charge in [-0.15, -0.1) is 0 Å². The largest absolute Gasteiger partial charge is 0.381 e. The second kappa shape index (κ2) is 7.66. The highest BCUT2D eigenvalue weighted by molar-refractivity contribution is 9.10. The predicted octanol–water partition coefficient (Wildman–Crippen LogP) is 3.14. The van der Waals surface area contributed by atoms with Crippen LogP contribution >= 0.6 is 15.9 Å². The summed E-state index contributed by atoms with van der Waals surface area (Å²) in [5.41, 5.74) is 1.57. The lowest BCUT2D eigenvalue weighted by atomic mass is 9.87. The molecular formula is C17H18BrN3O2. The first-order valence-electron chi connectivity index (χ1n) is 7.63. The van der Waals surface area contributed by atoms with Crippen LogP contribution in [0, 0.1) is 5.92 Å². The number of nitrogens with zero attached hydrogens (tertiary/aromatic N) is 2. The Morgan fingerprint density at radius 2 is 2.09 bits per heavy atom. The lowest BCUT2D eigenvalue weighted by Gasteiger charge is -2.31. The summed E-state index contributed by atoms with van der Waals surface area (Å²) in [5.74, 6) is 0.219. The van der Waals surface area contributed by atoms with Crippen molar-refractivity contribution in [2.45, 2.75) is 18.9 Å². The number of hydrogen-bond donors (Lipinski definition) is 1. The molecule has 1 aliphatic rings. The zero-order valence-electron chi connectivity index (χ0n) is 12.6. The molecule has 2 aromatic rings. The fourth-order valence-electron chi connectivity index (χ4n) is 2.84. The summed E-state index contributed by atoms with van der Waals surface area (Å²) in [4.78, 5) is 20.8. The molecule has 1 atom stereocenters. The minimum atomic E-state index is -0.126. The van der Waals surface area contributed by atoms with Crippen LogP contribution in [0.2, 0.25) is 0 Å². The molecule has 2 aromatic heterocycles. The van der Waals surface area contributed by atoms with Gasteiger partial charge in [-0.05, 0) is 52.4 Å². The molecule has 1 amide bonds. The van der Waals surface area contributed by atoms with Crippen molar-refractivity contribution in [3.05, 3.63) is 58.6 Å². The van der Waals surface area contributed by atoms with Crippen LogP contribution in [0.3, 0.4) is 0 Å². The highest BCUT2D eigenvalue weighted by atomic mass is 79.9. The number of nitrogens with one attached hydrogen (secondary N) is 1. The molecule has 0 radical (unpaired) electrons. The van der Waals surface area contributed by atoms with Gasteiger partial charge in [0.25, 0.3) is 5.91 Å². The molecule has 0 bridgehead atoms. The van der Waals surface area contributed by atoms with Crippen LogP contribution in [0.5, 0.6) is 0 Å². The molecule has 3 heterocycles. The molecule has 1 N–H and O–H groups in total. The Bertz CT molecular complexity index is 660. The molecule has 1 fully saturated rings. The number of rotatable bonds is 4. The monoisotopic (exact) mass is 375 g/mol. The van der Waals surface area contributed by atoms with E-state index in [4.69, 9.17) is 4.74 Å². The molecular weight excluding hydrogens is 358 g/mol. The van der Waals surface area contributed by atoms with Crippen LogP contribution in [-0.2, 0) is 4.74 Å². The molecule has 0 aromatic carbocycles. The molecule has 6 heteroatoms. The number of hydrogen-bond acceptors (Lipinski definition) is 4. The Morgan fingerprint density at radius 3 is 2.78 bits per heavy atom. The van der Waals surface area contributed by atoms with E-state index in [1.165, 1.54) is 0 Å². The van der Waals surface area contributed by atoms with Gasteiger partial charge in [-0.1, -0.05) is 6.07 Å². The van der Waals surface area contributed by atoms with Crippen LogP contribution in [0.25, 0.3) is 0 Å². The molecule has 1 aliphatic heterocycles. The van der Waals surface area contributed by atoms with Gasteiger partial charge in [-0.25, -0.2) is 0 Å². The fraction of sp³-hybridized carbons (Fsp3) is 0.353. The van der Waals surface area contributed by atoms with Crippen molar-refractivity contribution in [2.24, 2.45) is 5.92 Å². The maximum atomic E-state index is 12.6. The smallest absolute Gasteiger partial charge is 0.253 e. The van der Waals surface area contributed by atoms with E-state index in [2.05, 4.69) is 31.2 Å². The Kier molecular flexibility index (Phi) is 5.35. The van der Waals surface area contributed by atoms with E-state index in [-0.39, 0.29) is 11.9 Å². The first-order valence-corrected chi connectivity index (χ1v) is 8.42. The van der Waals surface area contributed by atoms with Crippen molar-refractivity contribution in [1.82, 2.24) is 15.3 Å². The van der Waals surface area contributed by atoms with Crippen LogP contribution in [-0.4, -0.2) is 29.1 Å². The highest BCUT2D eigenvalue weighted by Gasteiger charge is 2.27. The number of pyridine rings is 2. The lowest BCUT2D eigenvalue weighted by molar-refractivity contribution is 0.0513. The molecule has 23 heavy (non-hydrogen) atoms. The topological polar surface area (TPSA) is 64.1 Å². The summed E-state index contributed by atoms with van der Waals surface area (Å²) in [5, 5.41) is 3.15. The molecule has 120 valence electrons. The van der Waals surface area contributed by atoms with E-state index in [0.29, 0.717) is 11.5 Å². The minimum absolute atomic E-state index is 0.0703. The van der Waals surface area contributed by atoms with Gasteiger partial charge in [0.15, 0.2) is 0 Å². The van der Waals surface area contributed by atoms with Gasteiger partial charge in [-0.2, -0.15) is 0 Å². The van der Waals surface area contributed by atoms with Crippen LogP contribution in [0.1, 0.15) is 34.8 Å². The summed E-state index contributed by atoms with van der Waals surface area (Å²) in [6, 6.07) is 5.60. The van der Waals surface area contributed by atoms with E-state index < -0.39 is 0 Å². The van der Waals surface area contributed by atoms with E-state index >= 15 is 0 Å². The van der Waals surface area contributed by atoms with Gasteiger partial charge in [0, 0.05) is 42.5 Å². The summed E-state index contributed by atoms with van der Waals surface area (Å²) in [6.07, 6.45) is 8.65. The number of carbonyl (C=O) groups is 1. The van der Waals surface area contributed by atoms with Gasteiger partial charge in [-0.3, -0.25) is 14.8 Å².